The summed E-state index contributed by atoms with van der Waals surface area (Å²) < 4.78 is 0. The number of anilines is 6. The first kappa shape index (κ1) is 37.3. The summed E-state index contributed by atoms with van der Waals surface area (Å²) >= 11 is 0. The van der Waals surface area contributed by atoms with Gasteiger partial charge in [0.15, 0.2) is 0 Å². The number of fused-ring (bicyclic) bond motifs is 4. The van der Waals surface area contributed by atoms with Crippen LogP contribution >= 0.6 is 0 Å². The molecule has 0 bridgehead atoms. The van der Waals surface area contributed by atoms with Gasteiger partial charge in [-0.25, -0.2) is 0 Å². The van der Waals surface area contributed by atoms with Crippen LogP contribution < -0.4 is 9.80 Å². The lowest BCUT2D eigenvalue weighted by Gasteiger charge is -2.37. The van der Waals surface area contributed by atoms with E-state index in [0.717, 1.165) is 34.1 Å². The van der Waals surface area contributed by atoms with Gasteiger partial charge in [0.1, 0.15) is 0 Å². The highest BCUT2D eigenvalue weighted by Crippen LogP contribution is 2.54. The maximum atomic E-state index is 2.45. The zero-order valence-electron chi connectivity index (χ0n) is 35.3. The Morgan fingerprint density at radius 2 is 0.758 bits per heavy atom. The summed E-state index contributed by atoms with van der Waals surface area (Å²) in [5.74, 6) is 0. The Morgan fingerprint density at radius 1 is 0.323 bits per heavy atom. The average molecular weight is 795 g/mol. The monoisotopic (exact) mass is 794 g/mol. The summed E-state index contributed by atoms with van der Waals surface area (Å²) in [6.45, 7) is 7.13. The Kier molecular flexibility index (Phi) is 9.09. The first-order valence-electron chi connectivity index (χ1n) is 21.6. The van der Waals surface area contributed by atoms with Gasteiger partial charge in [0.2, 0.25) is 0 Å². The number of aryl methyl sites for hydroxylation is 1. The molecule has 0 radical (unpaired) electrons. The van der Waals surface area contributed by atoms with E-state index in [1.54, 1.807) is 0 Å². The van der Waals surface area contributed by atoms with Gasteiger partial charge in [0.25, 0.3) is 0 Å². The molecule has 1 aliphatic rings. The van der Waals surface area contributed by atoms with Gasteiger partial charge in [-0.3, -0.25) is 0 Å². The summed E-state index contributed by atoms with van der Waals surface area (Å²) in [7, 11) is 0. The molecule has 0 saturated carbocycles. The van der Waals surface area contributed by atoms with Gasteiger partial charge >= 0.3 is 0 Å². The van der Waals surface area contributed by atoms with Gasteiger partial charge in [-0.1, -0.05) is 166 Å². The molecule has 0 heterocycles. The van der Waals surface area contributed by atoms with E-state index in [0.29, 0.717) is 0 Å². The largest absolute Gasteiger partial charge is 0.310 e. The second kappa shape index (κ2) is 15.1. The maximum Gasteiger partial charge on any atom is 0.0468 e. The Balaban J connectivity index is 1.05. The molecule has 0 atom stereocenters. The standard InChI is InChI=1S/C60H46N2/c1-41-52-37-35-50(61(46-21-12-6-13-22-46)48-31-27-44(28-32-48)42-17-8-4-9-18-42)39-55(52)53-25-16-26-56-59(53)58(41)54-38-36-51(40-57(54)60(56,2)3)62(47-23-14-7-15-24-47)49-33-29-45(30-34-49)43-19-10-5-11-20-43/h4-40H,1-3H3. The number of rotatable bonds is 8. The zero-order valence-corrected chi connectivity index (χ0v) is 35.3. The average Bonchev–Trinajstić information content (AvgIpc) is 3.33. The molecule has 2 nitrogen and oxygen atoms in total. The molecular formula is C60H46N2. The molecule has 296 valence electrons. The molecular weight excluding hydrogens is 749 g/mol. The minimum Gasteiger partial charge on any atom is -0.310 e. The predicted octanol–water partition coefficient (Wildman–Crippen LogP) is 16.9. The third kappa shape index (κ3) is 6.26. The second-order valence-electron chi connectivity index (χ2n) is 17.0. The van der Waals surface area contributed by atoms with Gasteiger partial charge in [-0.2, -0.15) is 0 Å². The highest BCUT2D eigenvalue weighted by atomic mass is 15.1. The van der Waals surface area contributed by atoms with Crippen molar-refractivity contribution in [1.29, 1.82) is 0 Å². The van der Waals surface area contributed by atoms with Crippen LogP contribution in [-0.2, 0) is 5.41 Å². The van der Waals surface area contributed by atoms with Crippen molar-refractivity contribution in [3.05, 3.63) is 241 Å². The van der Waals surface area contributed by atoms with E-state index in [-0.39, 0.29) is 5.41 Å². The molecule has 62 heavy (non-hydrogen) atoms. The molecule has 2 heteroatoms. The van der Waals surface area contributed by atoms with E-state index in [9.17, 15) is 0 Å². The lowest BCUT2D eigenvalue weighted by molar-refractivity contribution is 0.645. The van der Waals surface area contributed by atoms with E-state index in [1.165, 1.54) is 71.6 Å². The predicted molar refractivity (Wildman–Crippen MR) is 264 cm³/mol. The molecule has 10 aromatic carbocycles. The van der Waals surface area contributed by atoms with Gasteiger partial charge in [-0.05, 0) is 151 Å². The molecule has 0 amide bonds. The minimum absolute atomic E-state index is 0.258. The van der Waals surface area contributed by atoms with Crippen LogP contribution in [0.15, 0.2) is 224 Å². The fraction of sp³-hybridized carbons (Fsp3) is 0.0667. The van der Waals surface area contributed by atoms with Gasteiger partial charge in [0, 0.05) is 39.5 Å². The summed E-state index contributed by atoms with van der Waals surface area (Å²) in [6, 6.07) is 81.8. The van der Waals surface area contributed by atoms with E-state index < -0.39 is 0 Å². The molecule has 0 N–H and O–H groups in total. The summed E-state index contributed by atoms with van der Waals surface area (Å²) in [4.78, 5) is 4.77. The van der Waals surface area contributed by atoms with Crippen LogP contribution in [0, 0.1) is 6.92 Å². The van der Waals surface area contributed by atoms with Crippen LogP contribution in [0.25, 0.3) is 54.9 Å². The maximum absolute atomic E-state index is 2.45. The quantitative estimate of drug-likeness (QED) is 0.141. The number of benzene rings is 10. The van der Waals surface area contributed by atoms with Gasteiger partial charge in [-0.15, -0.1) is 0 Å². The molecule has 0 fully saturated rings. The number of para-hydroxylation sites is 2. The SMILES string of the molecule is Cc1c2c3c(cccc3c3cc(N(c4ccccc4)c4ccc(-c5ccccc5)cc4)ccc13)C(C)(C)c1cc(N(c3ccccc3)c3ccc(-c4ccccc4)cc3)ccc1-2. The lowest BCUT2D eigenvalue weighted by atomic mass is 9.67. The van der Waals surface area contributed by atoms with Crippen LogP contribution in [0.4, 0.5) is 34.1 Å². The van der Waals surface area contributed by atoms with Gasteiger partial charge < -0.3 is 9.80 Å². The highest BCUT2D eigenvalue weighted by Gasteiger charge is 2.36. The molecule has 0 spiro atoms. The molecule has 10 aromatic rings. The van der Waals surface area contributed by atoms with Crippen LogP contribution in [0.1, 0.15) is 30.5 Å². The summed E-state index contributed by atoms with van der Waals surface area (Å²) in [6.07, 6.45) is 0. The Morgan fingerprint density at radius 3 is 1.29 bits per heavy atom. The molecule has 0 saturated heterocycles. The minimum atomic E-state index is -0.258. The van der Waals surface area contributed by atoms with Crippen LogP contribution in [0.5, 0.6) is 0 Å². The fourth-order valence-electron chi connectivity index (χ4n) is 9.91. The highest BCUT2D eigenvalue weighted by molar-refractivity contribution is 6.19. The van der Waals surface area contributed by atoms with Crippen molar-refractivity contribution < 1.29 is 0 Å². The normalized spacial score (nSPS) is 12.6. The summed E-state index contributed by atoms with van der Waals surface area (Å²) in [5, 5.41) is 5.20. The molecule has 1 aliphatic carbocycles. The first-order valence-corrected chi connectivity index (χ1v) is 21.6. The lowest BCUT2D eigenvalue weighted by Crippen LogP contribution is -2.24. The van der Waals surface area contributed by atoms with E-state index in [1.807, 2.05) is 0 Å². The number of hydrogen-bond donors (Lipinski definition) is 0. The molecule has 0 aliphatic heterocycles. The van der Waals surface area contributed by atoms with E-state index in [4.69, 9.17) is 0 Å². The molecule has 0 unspecified atom stereocenters. The van der Waals surface area contributed by atoms with Crippen molar-refractivity contribution in [2.45, 2.75) is 26.2 Å². The Hall–Kier alpha value is -7.68. The first-order chi connectivity index (χ1) is 30.4. The second-order valence-corrected chi connectivity index (χ2v) is 17.0. The zero-order chi connectivity index (χ0) is 41.8. The Labute approximate surface area is 364 Å². The fourth-order valence-corrected chi connectivity index (χ4v) is 9.91. The topological polar surface area (TPSA) is 6.48 Å². The van der Waals surface area contributed by atoms with Crippen molar-refractivity contribution in [1.82, 2.24) is 0 Å². The van der Waals surface area contributed by atoms with Crippen molar-refractivity contribution >= 4 is 55.7 Å². The molecule has 0 aromatic heterocycles. The third-order valence-corrected chi connectivity index (χ3v) is 13.0. The van der Waals surface area contributed by atoms with Gasteiger partial charge in [0.05, 0.1) is 0 Å². The number of hydrogen-bond acceptors (Lipinski definition) is 2. The van der Waals surface area contributed by atoms with E-state index >= 15 is 0 Å². The van der Waals surface area contributed by atoms with E-state index in [2.05, 4.69) is 255 Å². The van der Waals surface area contributed by atoms with Crippen LogP contribution in [-0.4, -0.2) is 0 Å². The number of nitrogens with zero attached hydrogens (tertiary/aromatic N) is 2. The van der Waals surface area contributed by atoms with Crippen LogP contribution in [0.3, 0.4) is 0 Å². The van der Waals surface area contributed by atoms with Crippen molar-refractivity contribution in [2.75, 3.05) is 9.80 Å². The Bertz CT molecular complexity index is 3230. The van der Waals surface area contributed by atoms with Crippen molar-refractivity contribution in [3.63, 3.8) is 0 Å². The smallest absolute Gasteiger partial charge is 0.0468 e. The van der Waals surface area contributed by atoms with Crippen molar-refractivity contribution in [2.24, 2.45) is 0 Å². The van der Waals surface area contributed by atoms with Crippen molar-refractivity contribution in [3.8, 4) is 33.4 Å². The third-order valence-electron chi connectivity index (χ3n) is 13.0. The van der Waals surface area contributed by atoms with Crippen LogP contribution in [0.2, 0.25) is 0 Å². The summed E-state index contributed by atoms with van der Waals surface area (Å²) in [5.41, 5.74) is 18.0. The molecule has 11 rings (SSSR count).